The van der Waals surface area contributed by atoms with Gasteiger partial charge in [-0.1, -0.05) is 36.5 Å². The van der Waals surface area contributed by atoms with Crippen LogP contribution in [0.3, 0.4) is 0 Å². The molecule has 3 nitrogen and oxygen atoms in total. The minimum atomic E-state index is -0.209. The lowest BCUT2D eigenvalue weighted by Crippen LogP contribution is -2.28. The van der Waals surface area contributed by atoms with Crippen LogP contribution in [-0.4, -0.2) is 12.5 Å². The van der Waals surface area contributed by atoms with Crippen molar-refractivity contribution in [3.05, 3.63) is 27.7 Å². The predicted molar refractivity (Wildman–Crippen MR) is 79.7 cm³/mol. The number of amides is 1. The molecule has 1 aliphatic carbocycles. The fraction of sp³-hybridized carbons (Fsp3) is 0.500. The Balaban J connectivity index is 2.00. The molecule has 1 aromatic rings. The smallest absolute Gasteiger partial charge is 0.252 e. The van der Waals surface area contributed by atoms with Crippen LogP contribution in [0.1, 0.15) is 36.5 Å². The van der Waals surface area contributed by atoms with Gasteiger partial charge >= 0.3 is 0 Å². The van der Waals surface area contributed by atoms with Crippen LogP contribution >= 0.6 is 23.2 Å². The van der Waals surface area contributed by atoms with E-state index in [1.54, 1.807) is 12.1 Å². The highest BCUT2D eigenvalue weighted by Gasteiger charge is 2.22. The van der Waals surface area contributed by atoms with E-state index in [1.165, 1.54) is 19.3 Å². The van der Waals surface area contributed by atoms with Crippen molar-refractivity contribution in [2.75, 3.05) is 12.3 Å². The Morgan fingerprint density at radius 3 is 2.79 bits per heavy atom. The molecule has 1 amide bonds. The summed E-state index contributed by atoms with van der Waals surface area (Å²) in [6.45, 7) is 2.93. The number of hydrogen-bond donors (Lipinski definition) is 2. The molecule has 0 aromatic heterocycles. The zero-order valence-electron chi connectivity index (χ0n) is 10.9. The van der Waals surface area contributed by atoms with Crippen molar-refractivity contribution in [3.63, 3.8) is 0 Å². The number of anilines is 1. The Labute approximate surface area is 123 Å². The summed E-state index contributed by atoms with van der Waals surface area (Å²) in [6, 6.07) is 3.10. The molecule has 1 aromatic carbocycles. The molecule has 1 aliphatic rings. The molecule has 19 heavy (non-hydrogen) atoms. The van der Waals surface area contributed by atoms with Gasteiger partial charge in [0.05, 0.1) is 15.6 Å². The molecule has 2 atom stereocenters. The lowest BCUT2D eigenvalue weighted by atomic mass is 10.1. The van der Waals surface area contributed by atoms with E-state index in [2.05, 4.69) is 12.2 Å². The molecule has 2 rings (SSSR count). The average Bonchev–Trinajstić information content (AvgIpc) is 2.76. The number of hydrogen-bond acceptors (Lipinski definition) is 2. The molecule has 104 valence electrons. The lowest BCUT2D eigenvalue weighted by molar-refractivity contribution is 0.0947. The standard InChI is InChI=1S/C14H18Cl2N2O/c1-8-2-3-9(4-8)7-18-14(19)11-5-10(17)6-12(15)13(11)16/h5-6,8-9H,2-4,7,17H2,1H3,(H,18,19). The minimum Gasteiger partial charge on any atom is -0.399 e. The third-order valence-electron chi connectivity index (χ3n) is 3.65. The summed E-state index contributed by atoms with van der Waals surface area (Å²) in [5.41, 5.74) is 6.46. The number of carbonyl (C=O) groups is 1. The third kappa shape index (κ3) is 3.54. The molecule has 1 saturated carbocycles. The number of benzene rings is 1. The largest absolute Gasteiger partial charge is 0.399 e. The number of rotatable bonds is 3. The quantitative estimate of drug-likeness (QED) is 0.836. The molecule has 0 radical (unpaired) electrons. The molecule has 0 saturated heterocycles. The van der Waals surface area contributed by atoms with E-state index in [9.17, 15) is 4.79 Å². The van der Waals surface area contributed by atoms with Gasteiger partial charge in [-0.3, -0.25) is 4.79 Å². The molecular formula is C14H18Cl2N2O. The Bertz CT molecular complexity index is 491. The van der Waals surface area contributed by atoms with Crippen molar-refractivity contribution in [2.24, 2.45) is 11.8 Å². The van der Waals surface area contributed by atoms with Crippen LogP contribution in [0.15, 0.2) is 12.1 Å². The van der Waals surface area contributed by atoms with Gasteiger partial charge < -0.3 is 11.1 Å². The van der Waals surface area contributed by atoms with E-state index >= 15 is 0 Å². The van der Waals surface area contributed by atoms with Crippen LogP contribution in [0.5, 0.6) is 0 Å². The van der Waals surface area contributed by atoms with Crippen molar-refractivity contribution in [2.45, 2.75) is 26.2 Å². The third-order valence-corrected chi connectivity index (χ3v) is 4.45. The van der Waals surface area contributed by atoms with Gasteiger partial charge in [-0.2, -0.15) is 0 Å². The van der Waals surface area contributed by atoms with Gasteiger partial charge in [-0.25, -0.2) is 0 Å². The van der Waals surface area contributed by atoms with Crippen LogP contribution in [0, 0.1) is 11.8 Å². The summed E-state index contributed by atoms with van der Waals surface area (Å²) in [7, 11) is 0. The first-order chi connectivity index (χ1) is 8.97. The molecule has 1 fully saturated rings. The second-order valence-electron chi connectivity index (χ2n) is 5.36. The number of nitrogens with two attached hydrogens (primary N) is 1. The first kappa shape index (κ1) is 14.5. The highest BCUT2D eigenvalue weighted by Crippen LogP contribution is 2.31. The topological polar surface area (TPSA) is 55.1 Å². The highest BCUT2D eigenvalue weighted by molar-refractivity contribution is 6.44. The number of nitrogens with one attached hydrogen (secondary N) is 1. The van der Waals surface area contributed by atoms with Crippen LogP contribution in [0.4, 0.5) is 5.69 Å². The summed E-state index contributed by atoms with van der Waals surface area (Å²) in [5, 5.41) is 3.48. The fourth-order valence-corrected chi connectivity index (χ4v) is 3.04. The highest BCUT2D eigenvalue weighted by atomic mass is 35.5. The fourth-order valence-electron chi connectivity index (χ4n) is 2.62. The second kappa shape index (κ2) is 6.02. The van der Waals surface area contributed by atoms with Crippen molar-refractivity contribution in [1.82, 2.24) is 5.32 Å². The number of halogens is 2. The van der Waals surface area contributed by atoms with Crippen molar-refractivity contribution in [3.8, 4) is 0 Å². The SMILES string of the molecule is CC1CCC(CNC(=O)c2cc(N)cc(Cl)c2Cl)C1. The summed E-state index contributed by atoms with van der Waals surface area (Å²) in [6.07, 6.45) is 3.59. The van der Waals surface area contributed by atoms with Gasteiger partial charge in [0.2, 0.25) is 0 Å². The first-order valence-electron chi connectivity index (χ1n) is 6.50. The van der Waals surface area contributed by atoms with Gasteiger partial charge in [0, 0.05) is 12.2 Å². The molecule has 0 heterocycles. The van der Waals surface area contributed by atoms with Gasteiger partial charge in [0.1, 0.15) is 0 Å². The Kier molecular flexibility index (Phi) is 4.58. The van der Waals surface area contributed by atoms with Crippen molar-refractivity contribution in [1.29, 1.82) is 0 Å². The molecule has 0 aliphatic heterocycles. The van der Waals surface area contributed by atoms with E-state index in [0.29, 0.717) is 28.7 Å². The normalized spacial score (nSPS) is 22.5. The zero-order chi connectivity index (χ0) is 14.0. The molecule has 0 spiro atoms. The van der Waals surface area contributed by atoms with Crippen LogP contribution in [-0.2, 0) is 0 Å². The van der Waals surface area contributed by atoms with Crippen LogP contribution in [0.2, 0.25) is 10.0 Å². The van der Waals surface area contributed by atoms with Gasteiger partial charge in [-0.05, 0) is 36.8 Å². The first-order valence-corrected chi connectivity index (χ1v) is 7.25. The molecule has 2 unspecified atom stereocenters. The van der Waals surface area contributed by atoms with E-state index in [-0.39, 0.29) is 10.9 Å². The summed E-state index contributed by atoms with van der Waals surface area (Å²) < 4.78 is 0. The Morgan fingerprint density at radius 2 is 2.16 bits per heavy atom. The zero-order valence-corrected chi connectivity index (χ0v) is 12.4. The summed E-state index contributed by atoms with van der Waals surface area (Å²) in [5.74, 6) is 1.11. The molecule has 3 N–H and O–H groups in total. The Morgan fingerprint density at radius 1 is 1.42 bits per heavy atom. The maximum atomic E-state index is 12.1. The van der Waals surface area contributed by atoms with Gasteiger partial charge in [-0.15, -0.1) is 0 Å². The predicted octanol–water partition coefficient (Wildman–Crippen LogP) is 3.74. The number of nitrogen functional groups attached to an aromatic ring is 1. The van der Waals surface area contributed by atoms with Gasteiger partial charge in [0.25, 0.3) is 5.91 Å². The summed E-state index contributed by atoms with van der Waals surface area (Å²) >= 11 is 11.9. The molecule has 5 heteroatoms. The Hall–Kier alpha value is -0.930. The van der Waals surface area contributed by atoms with Gasteiger partial charge in [0.15, 0.2) is 0 Å². The maximum Gasteiger partial charge on any atom is 0.252 e. The summed E-state index contributed by atoms with van der Waals surface area (Å²) in [4.78, 5) is 12.1. The van der Waals surface area contributed by atoms with E-state index < -0.39 is 0 Å². The minimum absolute atomic E-state index is 0.209. The average molecular weight is 301 g/mol. The second-order valence-corrected chi connectivity index (χ2v) is 6.14. The van der Waals surface area contributed by atoms with Crippen LogP contribution < -0.4 is 11.1 Å². The maximum absolute atomic E-state index is 12.1. The van der Waals surface area contributed by atoms with E-state index in [0.717, 1.165) is 5.92 Å². The van der Waals surface area contributed by atoms with Crippen molar-refractivity contribution < 1.29 is 4.79 Å². The van der Waals surface area contributed by atoms with E-state index in [4.69, 9.17) is 28.9 Å². The van der Waals surface area contributed by atoms with E-state index in [1.807, 2.05) is 0 Å². The number of carbonyl (C=O) groups excluding carboxylic acids is 1. The molecule has 0 bridgehead atoms. The van der Waals surface area contributed by atoms with Crippen LogP contribution in [0.25, 0.3) is 0 Å². The molecular weight excluding hydrogens is 283 g/mol. The monoisotopic (exact) mass is 300 g/mol. The van der Waals surface area contributed by atoms with Crippen molar-refractivity contribution >= 4 is 34.8 Å². The lowest BCUT2D eigenvalue weighted by Gasteiger charge is -2.12.